The standard InChI is InChI=1S/C48H63N2/c1-13-48(12)47(10,11)37-22-17-21-36-35-18-14-15-23-38(35)50-39(28-49(48)42(50)41(36)37)40-33(31-24-43(2,3)29-44(4,5)25-31)19-16-20-34(40)32-26-45(6,7)30-46(8,9)27-32/h14-23,28,31-32H,13,24-27,29-30H2,1-12H3/q+1. The quantitative estimate of drug-likeness (QED) is 0.133. The zero-order chi connectivity index (χ0) is 35.8. The van der Waals surface area contributed by atoms with E-state index in [1.54, 1.807) is 16.7 Å². The van der Waals surface area contributed by atoms with Crippen molar-refractivity contribution in [3.8, 4) is 11.3 Å². The van der Waals surface area contributed by atoms with Crippen LogP contribution in [0.1, 0.15) is 157 Å². The average molecular weight is 668 g/mol. The molecule has 0 bridgehead atoms. The van der Waals surface area contributed by atoms with Gasteiger partial charge >= 0.3 is 0 Å². The highest BCUT2D eigenvalue weighted by Crippen LogP contribution is 2.57. The molecule has 2 heteroatoms. The van der Waals surface area contributed by atoms with Crippen LogP contribution in [0.2, 0.25) is 0 Å². The van der Waals surface area contributed by atoms with Gasteiger partial charge in [0.05, 0.1) is 5.39 Å². The molecule has 3 heterocycles. The number of pyridine rings is 1. The molecular weight excluding hydrogens is 605 g/mol. The van der Waals surface area contributed by atoms with E-state index in [4.69, 9.17) is 0 Å². The fourth-order valence-electron chi connectivity index (χ4n) is 12.8. The molecule has 0 amide bonds. The Balaban J connectivity index is 1.53. The predicted molar refractivity (Wildman–Crippen MR) is 213 cm³/mol. The third-order valence-corrected chi connectivity index (χ3v) is 14.3. The minimum absolute atomic E-state index is 0.0440. The zero-order valence-corrected chi connectivity index (χ0v) is 33.3. The summed E-state index contributed by atoms with van der Waals surface area (Å²) < 4.78 is 5.47. The topological polar surface area (TPSA) is 8.29 Å². The van der Waals surface area contributed by atoms with Crippen molar-refractivity contribution in [2.75, 3.05) is 0 Å². The lowest BCUT2D eigenvalue weighted by Gasteiger charge is -2.47. The molecule has 3 aromatic carbocycles. The predicted octanol–water partition coefficient (Wildman–Crippen LogP) is 13.3. The van der Waals surface area contributed by atoms with Crippen LogP contribution in [-0.2, 0) is 11.0 Å². The minimum Gasteiger partial charge on any atom is -0.223 e. The average Bonchev–Trinajstić information content (AvgIpc) is 3.42. The molecule has 3 aliphatic rings. The van der Waals surface area contributed by atoms with Gasteiger partial charge in [0.15, 0.2) is 5.69 Å². The van der Waals surface area contributed by atoms with Crippen molar-refractivity contribution in [2.45, 2.75) is 151 Å². The summed E-state index contributed by atoms with van der Waals surface area (Å²) >= 11 is 0. The Labute approximate surface area is 302 Å². The van der Waals surface area contributed by atoms with Crippen molar-refractivity contribution >= 4 is 27.3 Å². The second-order valence-electron chi connectivity index (χ2n) is 21.1. The smallest absolute Gasteiger partial charge is 0.223 e. The van der Waals surface area contributed by atoms with E-state index in [-0.39, 0.29) is 11.0 Å². The number of rotatable bonds is 4. The summed E-state index contributed by atoms with van der Waals surface area (Å²) in [4.78, 5) is 0. The van der Waals surface area contributed by atoms with Gasteiger partial charge in [-0.05, 0) is 108 Å². The van der Waals surface area contributed by atoms with Crippen molar-refractivity contribution in [1.29, 1.82) is 0 Å². The summed E-state index contributed by atoms with van der Waals surface area (Å²) in [5, 5.41) is 4.18. The molecule has 1 aliphatic heterocycles. The van der Waals surface area contributed by atoms with E-state index in [1.807, 2.05) is 0 Å². The van der Waals surface area contributed by atoms with E-state index in [1.165, 1.54) is 77.1 Å². The zero-order valence-electron chi connectivity index (χ0n) is 33.3. The first kappa shape index (κ1) is 34.0. The maximum absolute atomic E-state index is 2.74. The highest BCUT2D eigenvalue weighted by atomic mass is 15.2. The highest BCUT2D eigenvalue weighted by Gasteiger charge is 2.53. The van der Waals surface area contributed by atoms with Crippen LogP contribution in [0.3, 0.4) is 0 Å². The Kier molecular flexibility index (Phi) is 7.28. The molecule has 2 nitrogen and oxygen atoms in total. The Hall–Kier alpha value is -3.13. The lowest BCUT2D eigenvalue weighted by Crippen LogP contribution is -2.65. The molecule has 5 aromatic rings. The summed E-state index contributed by atoms with van der Waals surface area (Å²) in [7, 11) is 0. The number of hydrogen-bond donors (Lipinski definition) is 0. The highest BCUT2D eigenvalue weighted by molar-refractivity contribution is 6.13. The van der Waals surface area contributed by atoms with Crippen LogP contribution in [0, 0.1) is 21.7 Å². The summed E-state index contributed by atoms with van der Waals surface area (Å²) in [6.45, 7) is 30.1. The second kappa shape index (κ2) is 10.7. The van der Waals surface area contributed by atoms with E-state index in [9.17, 15) is 0 Å². The Bertz CT molecular complexity index is 2080. The fourth-order valence-corrected chi connectivity index (χ4v) is 12.8. The number of nitrogens with zero attached hydrogens (tertiary/aromatic N) is 2. The van der Waals surface area contributed by atoms with Crippen LogP contribution in [0.15, 0.2) is 66.9 Å². The second-order valence-corrected chi connectivity index (χ2v) is 21.1. The third kappa shape index (κ3) is 4.97. The molecule has 0 saturated heterocycles. The van der Waals surface area contributed by atoms with E-state index in [0.717, 1.165) is 6.42 Å². The van der Waals surface area contributed by atoms with Gasteiger partial charge in [0, 0.05) is 21.8 Å². The SMILES string of the molecule is CCC1(C)[n+]2cc(-c3c(C4CC(C)(C)CC(C)(C)C4)cccc3C3CC(C)(C)CC(C)(C)C3)n3c4ccccc4c4cccc(c4c32)C1(C)C. The van der Waals surface area contributed by atoms with Crippen molar-refractivity contribution < 1.29 is 4.57 Å². The van der Waals surface area contributed by atoms with Crippen molar-refractivity contribution in [3.05, 3.63) is 83.6 Å². The lowest BCUT2D eigenvalue weighted by molar-refractivity contribution is -0.749. The molecule has 2 fully saturated rings. The summed E-state index contributed by atoms with van der Waals surface area (Å²) in [6, 6.07) is 23.9. The molecule has 0 N–H and O–H groups in total. The van der Waals surface area contributed by atoms with Gasteiger partial charge in [-0.15, -0.1) is 0 Å². The maximum Gasteiger partial charge on any atom is 0.296 e. The van der Waals surface area contributed by atoms with Crippen LogP contribution in [-0.4, -0.2) is 4.40 Å². The largest absolute Gasteiger partial charge is 0.296 e. The van der Waals surface area contributed by atoms with Gasteiger partial charge < -0.3 is 0 Å². The molecule has 1 unspecified atom stereocenters. The minimum atomic E-state index is -0.0843. The number of hydrogen-bond acceptors (Lipinski definition) is 0. The third-order valence-electron chi connectivity index (χ3n) is 14.3. The molecular formula is C48H63N2+. The first-order valence-corrected chi connectivity index (χ1v) is 19.8. The van der Waals surface area contributed by atoms with Gasteiger partial charge in [-0.2, -0.15) is 4.40 Å². The Morgan fingerprint density at radius 3 is 1.66 bits per heavy atom. The van der Waals surface area contributed by atoms with Crippen molar-refractivity contribution in [3.63, 3.8) is 0 Å². The number of aromatic nitrogens is 2. The molecule has 0 radical (unpaired) electrons. The van der Waals surface area contributed by atoms with E-state index in [2.05, 4.69) is 159 Å². The van der Waals surface area contributed by atoms with Crippen LogP contribution in [0.4, 0.5) is 0 Å². The van der Waals surface area contributed by atoms with E-state index >= 15 is 0 Å². The monoisotopic (exact) mass is 667 g/mol. The van der Waals surface area contributed by atoms with Crippen molar-refractivity contribution in [2.24, 2.45) is 21.7 Å². The Morgan fingerprint density at radius 1 is 0.620 bits per heavy atom. The van der Waals surface area contributed by atoms with E-state index in [0.29, 0.717) is 33.5 Å². The number of fused-ring (bicyclic) bond motifs is 3. The van der Waals surface area contributed by atoms with E-state index < -0.39 is 0 Å². The molecule has 8 rings (SSSR count). The Morgan fingerprint density at radius 2 is 1.12 bits per heavy atom. The number of benzene rings is 3. The molecule has 1 atom stereocenters. The molecule has 2 saturated carbocycles. The van der Waals surface area contributed by atoms with Gasteiger partial charge in [-0.3, -0.25) is 0 Å². The first-order valence-electron chi connectivity index (χ1n) is 19.8. The maximum atomic E-state index is 2.74. The molecule has 0 spiro atoms. The molecule has 2 aromatic heterocycles. The first-order chi connectivity index (χ1) is 23.3. The molecule has 264 valence electrons. The van der Waals surface area contributed by atoms with Crippen LogP contribution < -0.4 is 4.57 Å². The van der Waals surface area contributed by atoms with Gasteiger partial charge in [-0.25, -0.2) is 4.57 Å². The molecule has 50 heavy (non-hydrogen) atoms. The van der Waals surface area contributed by atoms with Crippen molar-refractivity contribution in [1.82, 2.24) is 4.40 Å². The van der Waals surface area contributed by atoms with Crippen LogP contribution >= 0.6 is 0 Å². The summed E-state index contributed by atoms with van der Waals surface area (Å²) in [5.41, 5.74) is 11.4. The summed E-state index contributed by atoms with van der Waals surface area (Å²) in [5.74, 6) is 1.04. The van der Waals surface area contributed by atoms with Crippen LogP contribution in [0.25, 0.3) is 38.6 Å². The molecule has 2 aliphatic carbocycles. The normalized spacial score (nSPS) is 25.5. The summed E-state index contributed by atoms with van der Waals surface area (Å²) in [6.07, 6.45) is 11.2. The number of imidazole rings is 1. The fraction of sp³-hybridized carbons (Fsp3) is 0.562. The van der Waals surface area contributed by atoms with Crippen LogP contribution in [0.5, 0.6) is 0 Å². The van der Waals surface area contributed by atoms with Gasteiger partial charge in [0.1, 0.15) is 17.3 Å². The van der Waals surface area contributed by atoms with Gasteiger partial charge in [-0.1, -0.05) is 131 Å². The van der Waals surface area contributed by atoms with Gasteiger partial charge in [0.2, 0.25) is 0 Å². The van der Waals surface area contributed by atoms with Gasteiger partial charge in [0.25, 0.3) is 5.65 Å². The number of para-hydroxylation sites is 1. The lowest BCUT2D eigenvalue weighted by atomic mass is 9.58.